The van der Waals surface area contributed by atoms with Crippen LogP contribution in [0.2, 0.25) is 0 Å². The summed E-state index contributed by atoms with van der Waals surface area (Å²) in [4.78, 5) is 16.4. The fourth-order valence-corrected chi connectivity index (χ4v) is 2.33. The van der Waals surface area contributed by atoms with Crippen molar-refractivity contribution in [1.29, 1.82) is 0 Å². The lowest BCUT2D eigenvalue weighted by Crippen LogP contribution is -2.05. The van der Waals surface area contributed by atoms with E-state index in [2.05, 4.69) is 4.98 Å². The topological polar surface area (TPSA) is 30.0 Å². The number of carbonyl (C=O) groups is 1. The molecule has 1 aromatic heterocycles. The van der Waals surface area contributed by atoms with Crippen molar-refractivity contribution >= 4 is 16.6 Å². The van der Waals surface area contributed by atoms with Gasteiger partial charge in [0.15, 0.2) is 5.78 Å². The van der Waals surface area contributed by atoms with E-state index in [1.165, 1.54) is 18.3 Å². The summed E-state index contributed by atoms with van der Waals surface area (Å²) < 4.78 is 26.3. The molecule has 3 rings (SSSR count). The molecule has 0 unspecified atom stereocenters. The van der Waals surface area contributed by atoms with Crippen LogP contribution in [0.1, 0.15) is 15.9 Å². The smallest absolute Gasteiger partial charge is 0.169 e. The zero-order valence-corrected chi connectivity index (χ0v) is 11.0. The second-order valence-electron chi connectivity index (χ2n) is 4.79. The van der Waals surface area contributed by atoms with E-state index in [1.54, 1.807) is 6.20 Å². The maximum Gasteiger partial charge on any atom is 0.169 e. The summed E-state index contributed by atoms with van der Waals surface area (Å²) in [5.41, 5.74) is 0.767. The molecular formula is C17H11F2NO. The van der Waals surface area contributed by atoms with Gasteiger partial charge in [-0.25, -0.2) is 8.78 Å². The molecule has 2 aromatic carbocycles. The number of fused-ring (bicyclic) bond motifs is 1. The van der Waals surface area contributed by atoms with E-state index in [4.69, 9.17) is 0 Å². The Kier molecular flexibility index (Phi) is 3.44. The molecule has 2 nitrogen and oxygen atoms in total. The van der Waals surface area contributed by atoms with Crippen molar-refractivity contribution in [1.82, 2.24) is 4.98 Å². The van der Waals surface area contributed by atoms with E-state index < -0.39 is 11.6 Å². The molecule has 104 valence electrons. The lowest BCUT2D eigenvalue weighted by molar-refractivity contribution is 0.0994. The summed E-state index contributed by atoms with van der Waals surface area (Å²) in [6.07, 6.45) is 3.10. The molecule has 0 spiro atoms. The molecule has 0 atom stereocenters. The van der Waals surface area contributed by atoms with Crippen LogP contribution in [0.25, 0.3) is 10.8 Å². The van der Waals surface area contributed by atoms with Crippen LogP contribution in [-0.2, 0) is 6.42 Å². The minimum absolute atomic E-state index is 0.0651. The van der Waals surface area contributed by atoms with Gasteiger partial charge in [0.2, 0.25) is 0 Å². The van der Waals surface area contributed by atoms with Gasteiger partial charge in [0.25, 0.3) is 0 Å². The molecule has 0 aliphatic carbocycles. The lowest BCUT2D eigenvalue weighted by Gasteiger charge is -2.06. The maximum absolute atomic E-state index is 13.2. The number of hydrogen-bond acceptors (Lipinski definition) is 2. The van der Waals surface area contributed by atoms with Crippen LogP contribution < -0.4 is 0 Å². The minimum Gasteiger partial charge on any atom is -0.294 e. The summed E-state index contributed by atoms with van der Waals surface area (Å²) in [5.74, 6) is -1.59. The summed E-state index contributed by atoms with van der Waals surface area (Å²) in [7, 11) is 0. The Morgan fingerprint density at radius 3 is 2.48 bits per heavy atom. The first-order valence-electron chi connectivity index (χ1n) is 6.44. The zero-order chi connectivity index (χ0) is 14.8. The first kappa shape index (κ1) is 13.4. The van der Waals surface area contributed by atoms with E-state index in [1.807, 2.05) is 24.3 Å². The van der Waals surface area contributed by atoms with Gasteiger partial charge in [-0.2, -0.15) is 0 Å². The molecule has 0 fully saturated rings. The van der Waals surface area contributed by atoms with Crippen LogP contribution >= 0.6 is 0 Å². The Balaban J connectivity index is 1.97. The van der Waals surface area contributed by atoms with Crippen molar-refractivity contribution in [3.63, 3.8) is 0 Å². The normalized spacial score (nSPS) is 10.8. The molecule has 1 heterocycles. The third kappa shape index (κ3) is 2.79. The average Bonchev–Trinajstić information content (AvgIpc) is 2.45. The molecule has 0 saturated carbocycles. The number of pyridine rings is 1. The van der Waals surface area contributed by atoms with Gasteiger partial charge < -0.3 is 0 Å². The first-order chi connectivity index (χ1) is 10.1. The monoisotopic (exact) mass is 283 g/mol. The van der Waals surface area contributed by atoms with Crippen molar-refractivity contribution in [2.45, 2.75) is 6.42 Å². The molecule has 0 bridgehead atoms. The van der Waals surface area contributed by atoms with Crippen molar-refractivity contribution in [3.05, 3.63) is 77.6 Å². The minimum atomic E-state index is -0.686. The highest BCUT2D eigenvalue weighted by molar-refractivity contribution is 6.08. The molecule has 0 aliphatic heterocycles. The Morgan fingerprint density at radius 1 is 1.00 bits per heavy atom. The Morgan fingerprint density at radius 2 is 1.71 bits per heavy atom. The number of carbonyl (C=O) groups excluding carboxylic acids is 1. The Labute approximate surface area is 120 Å². The van der Waals surface area contributed by atoms with Gasteiger partial charge in [0, 0.05) is 35.8 Å². The standard InChI is InChI=1S/C17H11F2NO/c18-13-5-11(6-14(19)8-13)7-17(21)16-10-20-9-12-3-1-2-4-15(12)16/h1-6,8-10H,7H2. The second kappa shape index (κ2) is 5.40. The van der Waals surface area contributed by atoms with E-state index in [-0.39, 0.29) is 12.2 Å². The van der Waals surface area contributed by atoms with Gasteiger partial charge in [-0.15, -0.1) is 0 Å². The van der Waals surface area contributed by atoms with Crippen molar-refractivity contribution in [2.24, 2.45) is 0 Å². The zero-order valence-electron chi connectivity index (χ0n) is 11.0. The average molecular weight is 283 g/mol. The highest BCUT2D eigenvalue weighted by atomic mass is 19.1. The maximum atomic E-state index is 13.2. The number of benzene rings is 2. The third-order valence-corrected chi connectivity index (χ3v) is 3.26. The van der Waals surface area contributed by atoms with Crippen molar-refractivity contribution in [2.75, 3.05) is 0 Å². The largest absolute Gasteiger partial charge is 0.294 e. The molecule has 0 aliphatic rings. The van der Waals surface area contributed by atoms with E-state index in [0.29, 0.717) is 11.1 Å². The van der Waals surface area contributed by atoms with Gasteiger partial charge >= 0.3 is 0 Å². The molecule has 0 radical (unpaired) electrons. The molecule has 0 saturated heterocycles. The summed E-state index contributed by atoms with van der Waals surface area (Å²) in [6.45, 7) is 0. The van der Waals surface area contributed by atoms with Crippen LogP contribution in [0.15, 0.2) is 54.9 Å². The third-order valence-electron chi connectivity index (χ3n) is 3.26. The Bertz CT molecular complexity index is 804. The molecule has 0 amide bonds. The highest BCUT2D eigenvalue weighted by Crippen LogP contribution is 2.19. The van der Waals surface area contributed by atoms with E-state index in [9.17, 15) is 13.6 Å². The van der Waals surface area contributed by atoms with E-state index >= 15 is 0 Å². The molecule has 21 heavy (non-hydrogen) atoms. The summed E-state index contributed by atoms with van der Waals surface area (Å²) in [5, 5.41) is 1.64. The number of nitrogens with zero attached hydrogens (tertiary/aromatic N) is 1. The highest BCUT2D eigenvalue weighted by Gasteiger charge is 2.12. The van der Waals surface area contributed by atoms with Gasteiger partial charge in [-0.3, -0.25) is 9.78 Å². The predicted octanol–water partition coefficient (Wildman–Crippen LogP) is 3.94. The lowest BCUT2D eigenvalue weighted by atomic mass is 9.99. The van der Waals surface area contributed by atoms with Crippen LogP contribution in [-0.4, -0.2) is 10.8 Å². The molecule has 4 heteroatoms. The number of hydrogen-bond donors (Lipinski definition) is 0. The van der Waals surface area contributed by atoms with Crippen LogP contribution in [0.5, 0.6) is 0 Å². The quantitative estimate of drug-likeness (QED) is 0.681. The number of aromatic nitrogens is 1. The molecule has 3 aromatic rings. The second-order valence-corrected chi connectivity index (χ2v) is 4.79. The van der Waals surface area contributed by atoms with Gasteiger partial charge in [0.05, 0.1) is 0 Å². The number of Topliss-reactive ketones (excluding diaryl/α,β-unsaturated/α-hetero) is 1. The molecule has 0 N–H and O–H groups in total. The fraction of sp³-hybridized carbons (Fsp3) is 0.0588. The predicted molar refractivity (Wildman–Crippen MR) is 76.1 cm³/mol. The van der Waals surface area contributed by atoms with Gasteiger partial charge in [0.1, 0.15) is 11.6 Å². The SMILES string of the molecule is O=C(Cc1cc(F)cc(F)c1)c1cncc2ccccc12. The van der Waals surface area contributed by atoms with Gasteiger partial charge in [-0.05, 0) is 23.1 Å². The van der Waals surface area contributed by atoms with Crippen LogP contribution in [0.3, 0.4) is 0 Å². The van der Waals surface area contributed by atoms with E-state index in [0.717, 1.165) is 16.8 Å². The van der Waals surface area contributed by atoms with Crippen molar-refractivity contribution < 1.29 is 13.6 Å². The number of ketones is 1. The molecular weight excluding hydrogens is 272 g/mol. The van der Waals surface area contributed by atoms with Crippen LogP contribution in [0.4, 0.5) is 8.78 Å². The number of halogens is 2. The van der Waals surface area contributed by atoms with Gasteiger partial charge in [-0.1, -0.05) is 24.3 Å². The van der Waals surface area contributed by atoms with Crippen LogP contribution in [0, 0.1) is 11.6 Å². The first-order valence-corrected chi connectivity index (χ1v) is 6.44. The Hall–Kier alpha value is -2.62. The number of rotatable bonds is 3. The summed E-state index contributed by atoms with van der Waals surface area (Å²) >= 11 is 0. The summed E-state index contributed by atoms with van der Waals surface area (Å²) in [6, 6.07) is 10.5. The fourth-order valence-electron chi connectivity index (χ4n) is 2.33. The van der Waals surface area contributed by atoms with Crippen molar-refractivity contribution in [3.8, 4) is 0 Å².